The molecule has 2 saturated heterocycles. The second kappa shape index (κ2) is 18.3. The summed E-state index contributed by atoms with van der Waals surface area (Å²) in [7, 11) is 3.94. The molecule has 5 fully saturated rings. The summed E-state index contributed by atoms with van der Waals surface area (Å²) < 4.78 is 6.43. The van der Waals surface area contributed by atoms with Crippen molar-refractivity contribution in [2.24, 2.45) is 29.1 Å². The molecular weight excluding hydrogens is 743 g/mol. The molecule has 320 valence electrons. The third-order valence-electron chi connectivity index (χ3n) is 14.1. The Kier molecular flexibility index (Phi) is 13.4. The van der Waals surface area contributed by atoms with E-state index in [1.54, 1.807) is 12.0 Å². The van der Waals surface area contributed by atoms with E-state index in [-0.39, 0.29) is 42.5 Å². The zero-order valence-electron chi connectivity index (χ0n) is 36.2. The SMILES string of the molecule is CCOc1c(CN2O[C@@H](CO)[C@@H]([C@H](C)O)[C@H]2C(=O)N[C@H]2C[C@H]3C[C@@H]([C@@H]2C)C3(C)C)cccc1-c1cc(C(=O)N[C@@H](Cc2ccccc2)CN2CCCC2)cc(N(C)C)c1. The number of aliphatic hydroxyl groups excluding tert-OH is 2. The minimum Gasteiger partial charge on any atom is -0.493 e. The molecule has 2 amide bonds. The first kappa shape index (κ1) is 43.1. The van der Waals surface area contributed by atoms with Crippen molar-refractivity contribution in [2.45, 2.75) is 104 Å². The van der Waals surface area contributed by atoms with Gasteiger partial charge in [0.2, 0.25) is 5.91 Å². The summed E-state index contributed by atoms with van der Waals surface area (Å²) in [6.45, 7) is 13.7. The van der Waals surface area contributed by atoms with Crippen molar-refractivity contribution in [3.63, 3.8) is 0 Å². The Morgan fingerprint density at radius 1 is 1.03 bits per heavy atom. The number of hydroxylamine groups is 2. The summed E-state index contributed by atoms with van der Waals surface area (Å²) in [6.07, 6.45) is 3.58. The Bertz CT molecular complexity index is 1910. The van der Waals surface area contributed by atoms with Gasteiger partial charge < -0.3 is 35.4 Å². The Morgan fingerprint density at radius 3 is 2.42 bits per heavy atom. The number of carbonyl (C=O) groups is 2. The number of likely N-dealkylation sites (tertiary alicyclic amines) is 1. The monoisotopic (exact) mass is 810 g/mol. The third kappa shape index (κ3) is 9.20. The van der Waals surface area contributed by atoms with Crippen LogP contribution in [0.3, 0.4) is 0 Å². The van der Waals surface area contributed by atoms with Gasteiger partial charge in [-0.2, -0.15) is 5.06 Å². The number of fused-ring (bicyclic) bond motifs is 2. The molecule has 8 rings (SSSR count). The van der Waals surface area contributed by atoms with Crippen LogP contribution in [-0.2, 0) is 22.6 Å². The van der Waals surface area contributed by atoms with Crippen LogP contribution in [0.15, 0.2) is 66.7 Å². The number of anilines is 1. The molecule has 9 atom stereocenters. The van der Waals surface area contributed by atoms with Crippen molar-refractivity contribution in [3.8, 4) is 16.9 Å². The maximum atomic E-state index is 14.4. The smallest absolute Gasteiger partial charge is 0.251 e. The largest absolute Gasteiger partial charge is 0.493 e. The number of hydrogen-bond donors (Lipinski definition) is 4. The molecule has 0 unspecified atom stereocenters. The first-order valence-electron chi connectivity index (χ1n) is 22.0. The van der Waals surface area contributed by atoms with E-state index in [1.165, 1.54) is 24.8 Å². The van der Waals surface area contributed by atoms with E-state index in [0.717, 1.165) is 54.9 Å². The standard InChI is InChI=1S/C48H67N5O6/c1-8-58-45-33(27-53-44(43(31(3)55)42(29-54)59-53)47(57)50-41-26-36-25-40(30(41)2)48(36,4)5)17-14-18-39(45)34-22-35(24-38(23-34)51(6)7)46(56)49-37(28-52-19-12-13-20-52)21-32-15-10-9-11-16-32/h9-11,14-18,22-24,30-31,36-37,40-44,54-55H,8,12-13,19-21,25-29H2,1-7H3,(H,49,56)(H,50,57)/t30-,31-,36+,37-,40-,41-,42-,43+,44-/m0/s1. The van der Waals surface area contributed by atoms with Crippen molar-refractivity contribution in [1.82, 2.24) is 20.6 Å². The van der Waals surface area contributed by atoms with Gasteiger partial charge in [-0.15, -0.1) is 0 Å². The molecular formula is C48H67N5O6. The summed E-state index contributed by atoms with van der Waals surface area (Å²) in [5.74, 6) is 1.12. The van der Waals surface area contributed by atoms with Crippen molar-refractivity contribution in [3.05, 3.63) is 83.4 Å². The summed E-state index contributed by atoms with van der Waals surface area (Å²) in [5.41, 5.74) is 5.32. The zero-order chi connectivity index (χ0) is 42.0. The lowest BCUT2D eigenvalue weighted by atomic mass is 9.45. The Balaban J connectivity index is 1.17. The fraction of sp³-hybridized carbons (Fsp3) is 0.583. The quantitative estimate of drug-likeness (QED) is 0.140. The number of nitrogens with one attached hydrogen (secondary N) is 2. The van der Waals surface area contributed by atoms with E-state index >= 15 is 0 Å². The highest BCUT2D eigenvalue weighted by Gasteiger charge is 2.57. The molecule has 3 aromatic carbocycles. The third-order valence-corrected chi connectivity index (χ3v) is 14.1. The van der Waals surface area contributed by atoms with Crippen LogP contribution < -0.4 is 20.3 Å². The van der Waals surface area contributed by atoms with Gasteiger partial charge in [0.15, 0.2) is 0 Å². The molecule has 5 aliphatic rings. The van der Waals surface area contributed by atoms with Crippen LogP contribution in [0.5, 0.6) is 5.75 Å². The van der Waals surface area contributed by atoms with Crippen LogP contribution in [0, 0.1) is 29.1 Å². The lowest BCUT2D eigenvalue weighted by molar-refractivity contribution is -0.183. The molecule has 3 saturated carbocycles. The van der Waals surface area contributed by atoms with Crippen LogP contribution >= 0.6 is 0 Å². The predicted molar refractivity (Wildman–Crippen MR) is 232 cm³/mol. The van der Waals surface area contributed by atoms with Crippen molar-refractivity contribution in [2.75, 3.05) is 51.8 Å². The van der Waals surface area contributed by atoms with Gasteiger partial charge >= 0.3 is 0 Å². The molecule has 0 radical (unpaired) electrons. The highest BCUT2D eigenvalue weighted by Crippen LogP contribution is 2.61. The fourth-order valence-electron chi connectivity index (χ4n) is 10.7. The Hall–Kier alpha value is -4.00. The molecule has 59 heavy (non-hydrogen) atoms. The molecule has 2 bridgehead atoms. The summed E-state index contributed by atoms with van der Waals surface area (Å²) in [5, 5.41) is 29.9. The van der Waals surface area contributed by atoms with Crippen LogP contribution in [0.1, 0.15) is 81.8 Å². The summed E-state index contributed by atoms with van der Waals surface area (Å²) in [4.78, 5) is 39.5. The first-order valence-corrected chi connectivity index (χ1v) is 22.0. The fourth-order valence-corrected chi connectivity index (χ4v) is 10.7. The van der Waals surface area contributed by atoms with Gasteiger partial charge in [-0.3, -0.25) is 14.4 Å². The van der Waals surface area contributed by atoms with Gasteiger partial charge in [-0.25, -0.2) is 0 Å². The second-order valence-electron chi connectivity index (χ2n) is 18.5. The van der Waals surface area contributed by atoms with E-state index in [9.17, 15) is 19.8 Å². The van der Waals surface area contributed by atoms with Crippen molar-refractivity contribution in [1.29, 1.82) is 0 Å². The number of ether oxygens (including phenoxy) is 1. The average Bonchev–Trinajstić information content (AvgIpc) is 3.87. The van der Waals surface area contributed by atoms with Crippen molar-refractivity contribution >= 4 is 17.5 Å². The lowest BCUT2D eigenvalue weighted by Gasteiger charge is -2.62. The first-order chi connectivity index (χ1) is 28.3. The van der Waals surface area contributed by atoms with Gasteiger partial charge in [-0.05, 0) is 112 Å². The minimum absolute atomic E-state index is 0.0375. The molecule has 0 aromatic heterocycles. The molecule has 2 heterocycles. The molecule has 3 aliphatic carbocycles. The minimum atomic E-state index is -0.900. The number of carbonyl (C=O) groups excluding carboxylic acids is 2. The van der Waals surface area contributed by atoms with Gasteiger partial charge in [0.1, 0.15) is 17.9 Å². The summed E-state index contributed by atoms with van der Waals surface area (Å²) in [6, 6.07) is 21.3. The average molecular weight is 810 g/mol. The number of amides is 2. The van der Waals surface area contributed by atoms with Gasteiger partial charge in [-0.1, -0.05) is 69.3 Å². The number of rotatable bonds is 16. The number of aliphatic hydroxyl groups is 2. The maximum Gasteiger partial charge on any atom is 0.251 e. The predicted octanol–water partition coefficient (Wildman–Crippen LogP) is 5.92. The van der Waals surface area contributed by atoms with Crippen LogP contribution in [0.4, 0.5) is 5.69 Å². The van der Waals surface area contributed by atoms with Gasteiger partial charge in [0, 0.05) is 61.0 Å². The van der Waals surface area contributed by atoms with E-state index in [2.05, 4.69) is 54.5 Å². The lowest BCUT2D eigenvalue weighted by Crippen LogP contribution is -2.62. The molecule has 4 N–H and O–H groups in total. The maximum absolute atomic E-state index is 14.4. The number of benzene rings is 3. The Labute approximate surface area is 351 Å². The number of nitrogens with zero attached hydrogens (tertiary/aromatic N) is 3. The zero-order valence-corrected chi connectivity index (χ0v) is 36.2. The highest BCUT2D eigenvalue weighted by atomic mass is 16.7. The van der Waals surface area contributed by atoms with Crippen LogP contribution in [0.25, 0.3) is 11.1 Å². The second-order valence-corrected chi connectivity index (χ2v) is 18.5. The topological polar surface area (TPSA) is 127 Å². The molecule has 11 heteroatoms. The number of hydrogen-bond acceptors (Lipinski definition) is 9. The van der Waals surface area contributed by atoms with E-state index < -0.39 is 24.2 Å². The summed E-state index contributed by atoms with van der Waals surface area (Å²) >= 11 is 0. The van der Waals surface area contributed by atoms with Gasteiger partial charge in [0.25, 0.3) is 5.91 Å². The van der Waals surface area contributed by atoms with Crippen molar-refractivity contribution < 1.29 is 29.4 Å². The highest BCUT2D eigenvalue weighted by molar-refractivity contribution is 5.97. The van der Waals surface area contributed by atoms with E-state index in [1.807, 2.05) is 74.4 Å². The van der Waals surface area contributed by atoms with E-state index in [4.69, 9.17) is 9.57 Å². The van der Waals surface area contributed by atoms with Crippen LogP contribution in [0.2, 0.25) is 0 Å². The van der Waals surface area contributed by atoms with E-state index in [0.29, 0.717) is 35.7 Å². The molecule has 3 aromatic rings. The number of para-hydroxylation sites is 1. The molecule has 2 aliphatic heterocycles. The Morgan fingerprint density at radius 2 is 1.78 bits per heavy atom. The normalized spacial score (nSPS) is 27.4. The van der Waals surface area contributed by atoms with Crippen LogP contribution in [-0.4, -0.2) is 109 Å². The van der Waals surface area contributed by atoms with Gasteiger partial charge in [0.05, 0.1) is 25.9 Å². The molecule has 11 nitrogen and oxygen atoms in total. The molecule has 0 spiro atoms.